The summed E-state index contributed by atoms with van der Waals surface area (Å²) < 4.78 is 5.65. The number of rotatable bonds is 1. The SMILES string of the molecule is O=c1[nH]c2ccc(C3CNCCO3)cc2[nH]1. The van der Waals surface area contributed by atoms with E-state index in [1.165, 1.54) is 0 Å². The molecule has 5 heteroatoms. The Morgan fingerprint density at radius 1 is 1.25 bits per heavy atom. The third-order valence-electron chi connectivity index (χ3n) is 2.84. The van der Waals surface area contributed by atoms with Crippen molar-refractivity contribution in [3.05, 3.63) is 34.2 Å². The van der Waals surface area contributed by atoms with Crippen LogP contribution in [0.25, 0.3) is 11.0 Å². The van der Waals surface area contributed by atoms with E-state index in [2.05, 4.69) is 15.3 Å². The van der Waals surface area contributed by atoms with Gasteiger partial charge < -0.3 is 20.0 Å². The summed E-state index contributed by atoms with van der Waals surface area (Å²) in [5, 5.41) is 3.28. The molecule has 2 aromatic rings. The minimum Gasteiger partial charge on any atom is -0.371 e. The number of aromatic nitrogens is 2. The van der Waals surface area contributed by atoms with Crippen molar-refractivity contribution in [3.63, 3.8) is 0 Å². The fourth-order valence-corrected chi connectivity index (χ4v) is 2.03. The quantitative estimate of drug-likeness (QED) is 0.654. The van der Waals surface area contributed by atoms with E-state index in [9.17, 15) is 4.79 Å². The van der Waals surface area contributed by atoms with Gasteiger partial charge in [0.15, 0.2) is 0 Å². The lowest BCUT2D eigenvalue weighted by molar-refractivity contribution is 0.0278. The largest absolute Gasteiger partial charge is 0.371 e. The predicted molar refractivity (Wildman–Crippen MR) is 60.5 cm³/mol. The van der Waals surface area contributed by atoms with Gasteiger partial charge in [-0.3, -0.25) is 0 Å². The van der Waals surface area contributed by atoms with E-state index in [1.54, 1.807) is 0 Å². The highest BCUT2D eigenvalue weighted by Crippen LogP contribution is 2.21. The van der Waals surface area contributed by atoms with Crippen LogP contribution in [0.3, 0.4) is 0 Å². The van der Waals surface area contributed by atoms with Crippen molar-refractivity contribution < 1.29 is 4.74 Å². The smallest absolute Gasteiger partial charge is 0.323 e. The van der Waals surface area contributed by atoms with Crippen LogP contribution >= 0.6 is 0 Å². The van der Waals surface area contributed by atoms with Crippen molar-refractivity contribution in [3.8, 4) is 0 Å². The van der Waals surface area contributed by atoms with E-state index in [1.807, 2.05) is 18.2 Å². The average Bonchev–Trinajstić information content (AvgIpc) is 2.69. The zero-order chi connectivity index (χ0) is 11.0. The van der Waals surface area contributed by atoms with E-state index in [0.29, 0.717) is 0 Å². The van der Waals surface area contributed by atoms with Crippen LogP contribution in [0.15, 0.2) is 23.0 Å². The van der Waals surface area contributed by atoms with Crippen LogP contribution < -0.4 is 11.0 Å². The molecular weight excluding hydrogens is 206 g/mol. The molecule has 0 spiro atoms. The fourth-order valence-electron chi connectivity index (χ4n) is 2.03. The summed E-state index contributed by atoms with van der Waals surface area (Å²) in [5.74, 6) is 0. The maximum atomic E-state index is 11.1. The van der Waals surface area contributed by atoms with Gasteiger partial charge in [-0.25, -0.2) is 4.79 Å². The lowest BCUT2D eigenvalue weighted by atomic mass is 10.1. The molecule has 3 rings (SSSR count). The summed E-state index contributed by atoms with van der Waals surface area (Å²) >= 11 is 0. The molecule has 0 aliphatic carbocycles. The molecule has 1 aliphatic rings. The number of H-pyrrole nitrogens is 2. The second-order valence-electron chi connectivity index (χ2n) is 3.95. The summed E-state index contributed by atoms with van der Waals surface area (Å²) in [6, 6.07) is 5.86. The highest BCUT2D eigenvalue weighted by atomic mass is 16.5. The summed E-state index contributed by atoms with van der Waals surface area (Å²) in [6.07, 6.45) is 0.0801. The van der Waals surface area contributed by atoms with Crippen LogP contribution in [0.4, 0.5) is 0 Å². The molecule has 2 heterocycles. The predicted octanol–water partition coefficient (Wildman–Crippen LogP) is 0.517. The Morgan fingerprint density at radius 3 is 2.94 bits per heavy atom. The maximum absolute atomic E-state index is 11.1. The second kappa shape index (κ2) is 3.77. The number of morpholine rings is 1. The fraction of sp³-hybridized carbons (Fsp3) is 0.364. The topological polar surface area (TPSA) is 69.9 Å². The molecule has 1 aliphatic heterocycles. The summed E-state index contributed by atoms with van der Waals surface area (Å²) in [6.45, 7) is 2.45. The lowest BCUT2D eigenvalue weighted by Crippen LogP contribution is -2.33. The third kappa shape index (κ3) is 1.64. The molecule has 1 unspecified atom stereocenters. The van der Waals surface area contributed by atoms with E-state index in [-0.39, 0.29) is 11.8 Å². The average molecular weight is 219 g/mol. The van der Waals surface area contributed by atoms with Crippen molar-refractivity contribution in [1.29, 1.82) is 0 Å². The van der Waals surface area contributed by atoms with Gasteiger partial charge >= 0.3 is 5.69 Å². The molecule has 0 radical (unpaired) electrons. The van der Waals surface area contributed by atoms with Crippen molar-refractivity contribution in [2.45, 2.75) is 6.10 Å². The van der Waals surface area contributed by atoms with Crippen molar-refractivity contribution >= 4 is 11.0 Å². The van der Waals surface area contributed by atoms with Gasteiger partial charge in [0.05, 0.1) is 23.7 Å². The zero-order valence-electron chi connectivity index (χ0n) is 8.75. The van der Waals surface area contributed by atoms with Gasteiger partial charge in [-0.2, -0.15) is 0 Å². The Balaban J connectivity index is 2.00. The van der Waals surface area contributed by atoms with Crippen molar-refractivity contribution in [2.75, 3.05) is 19.7 Å². The number of hydrogen-bond donors (Lipinski definition) is 3. The normalized spacial score (nSPS) is 21.4. The van der Waals surface area contributed by atoms with Gasteiger partial charge in [0, 0.05) is 13.1 Å². The number of nitrogens with one attached hydrogen (secondary N) is 3. The standard InChI is InChI=1S/C11H13N3O2/c15-11-13-8-2-1-7(5-9(8)14-11)10-6-12-3-4-16-10/h1-2,5,10,12H,3-4,6H2,(H2,13,14,15). The van der Waals surface area contributed by atoms with Crippen LogP contribution in [-0.2, 0) is 4.74 Å². The third-order valence-corrected chi connectivity index (χ3v) is 2.84. The van der Waals surface area contributed by atoms with Crippen LogP contribution in [-0.4, -0.2) is 29.7 Å². The van der Waals surface area contributed by atoms with E-state index in [4.69, 9.17) is 4.74 Å². The molecule has 1 aromatic heterocycles. The minimum atomic E-state index is -0.171. The number of benzene rings is 1. The van der Waals surface area contributed by atoms with Gasteiger partial charge in [-0.05, 0) is 17.7 Å². The summed E-state index contributed by atoms with van der Waals surface area (Å²) in [5.41, 5.74) is 2.58. The maximum Gasteiger partial charge on any atom is 0.323 e. The van der Waals surface area contributed by atoms with Gasteiger partial charge in [-0.15, -0.1) is 0 Å². The molecule has 1 aromatic carbocycles. The first-order chi connectivity index (χ1) is 7.83. The molecule has 0 amide bonds. The Labute approximate surface area is 91.8 Å². The molecule has 3 N–H and O–H groups in total. The molecule has 84 valence electrons. The summed E-state index contributed by atoms with van der Waals surface area (Å²) in [7, 11) is 0. The van der Waals surface area contributed by atoms with Crippen molar-refractivity contribution in [1.82, 2.24) is 15.3 Å². The number of aromatic amines is 2. The molecular formula is C11H13N3O2. The Morgan fingerprint density at radius 2 is 2.12 bits per heavy atom. The highest BCUT2D eigenvalue weighted by Gasteiger charge is 2.15. The Kier molecular flexibility index (Phi) is 2.27. The molecule has 1 saturated heterocycles. The summed E-state index contributed by atoms with van der Waals surface area (Å²) in [4.78, 5) is 16.6. The van der Waals surface area contributed by atoms with Gasteiger partial charge in [-0.1, -0.05) is 6.07 Å². The molecule has 1 atom stereocenters. The highest BCUT2D eigenvalue weighted by molar-refractivity contribution is 5.75. The molecule has 0 saturated carbocycles. The van der Waals surface area contributed by atoms with Crippen LogP contribution in [0.1, 0.15) is 11.7 Å². The van der Waals surface area contributed by atoms with E-state index < -0.39 is 0 Å². The van der Waals surface area contributed by atoms with E-state index >= 15 is 0 Å². The minimum absolute atomic E-state index is 0.0801. The molecule has 5 nitrogen and oxygen atoms in total. The van der Waals surface area contributed by atoms with Gasteiger partial charge in [0.1, 0.15) is 0 Å². The number of ether oxygens (including phenoxy) is 1. The van der Waals surface area contributed by atoms with Crippen LogP contribution in [0, 0.1) is 0 Å². The first kappa shape index (κ1) is 9.62. The van der Waals surface area contributed by atoms with Crippen molar-refractivity contribution in [2.24, 2.45) is 0 Å². The Hall–Kier alpha value is -1.59. The molecule has 16 heavy (non-hydrogen) atoms. The monoisotopic (exact) mass is 219 g/mol. The molecule has 1 fully saturated rings. The first-order valence-corrected chi connectivity index (χ1v) is 5.37. The second-order valence-corrected chi connectivity index (χ2v) is 3.95. The number of hydrogen-bond acceptors (Lipinski definition) is 3. The van der Waals surface area contributed by atoms with Crippen LogP contribution in [0.2, 0.25) is 0 Å². The number of imidazole rings is 1. The Bertz CT molecular complexity index is 552. The van der Waals surface area contributed by atoms with Gasteiger partial charge in [0.25, 0.3) is 0 Å². The number of fused-ring (bicyclic) bond motifs is 1. The lowest BCUT2D eigenvalue weighted by Gasteiger charge is -2.23. The van der Waals surface area contributed by atoms with Crippen LogP contribution in [0.5, 0.6) is 0 Å². The molecule has 0 bridgehead atoms. The van der Waals surface area contributed by atoms with E-state index in [0.717, 1.165) is 36.3 Å². The first-order valence-electron chi connectivity index (χ1n) is 5.37. The van der Waals surface area contributed by atoms with Gasteiger partial charge in [0.2, 0.25) is 0 Å². The zero-order valence-corrected chi connectivity index (χ0v) is 8.75.